The number of aliphatic carboxylic acids is 1. The third kappa shape index (κ3) is 2.59. The third-order valence-corrected chi connectivity index (χ3v) is 4.04. The molecule has 0 aliphatic carbocycles. The first-order valence-electron chi connectivity index (χ1n) is 6.95. The molecule has 4 heteroatoms. The van der Waals surface area contributed by atoms with Crippen molar-refractivity contribution in [2.75, 3.05) is 13.2 Å². The summed E-state index contributed by atoms with van der Waals surface area (Å²) in [6.07, 6.45) is 3.85. The molecule has 0 radical (unpaired) electrons. The Morgan fingerprint density at radius 2 is 2.32 bits per heavy atom. The Balaban J connectivity index is 1.74. The lowest BCUT2D eigenvalue weighted by molar-refractivity contribution is -0.144. The minimum atomic E-state index is -0.691. The topological polar surface area (TPSA) is 49.8 Å². The SMILES string of the molecule is O=C(O)C1CCCCN1Cc1ccc2c(c1)CCO2. The Bertz CT molecular complexity index is 486. The molecule has 2 aliphatic heterocycles. The minimum absolute atomic E-state index is 0.321. The van der Waals surface area contributed by atoms with Crippen molar-refractivity contribution in [3.05, 3.63) is 29.3 Å². The van der Waals surface area contributed by atoms with E-state index in [-0.39, 0.29) is 6.04 Å². The smallest absolute Gasteiger partial charge is 0.320 e. The van der Waals surface area contributed by atoms with Gasteiger partial charge < -0.3 is 9.84 Å². The first-order valence-corrected chi connectivity index (χ1v) is 6.95. The van der Waals surface area contributed by atoms with Gasteiger partial charge in [-0.15, -0.1) is 0 Å². The van der Waals surface area contributed by atoms with Gasteiger partial charge in [0.2, 0.25) is 0 Å². The molecule has 102 valence electrons. The number of ether oxygens (including phenoxy) is 1. The summed E-state index contributed by atoms with van der Waals surface area (Å²) in [7, 11) is 0. The molecule has 2 aliphatic rings. The summed E-state index contributed by atoms with van der Waals surface area (Å²) in [6.45, 7) is 2.37. The van der Waals surface area contributed by atoms with E-state index < -0.39 is 5.97 Å². The first-order chi connectivity index (χ1) is 9.24. The molecule has 2 heterocycles. The van der Waals surface area contributed by atoms with Crippen molar-refractivity contribution in [3.8, 4) is 5.75 Å². The van der Waals surface area contributed by atoms with Gasteiger partial charge in [-0.3, -0.25) is 9.69 Å². The molecular formula is C15H19NO3. The number of benzene rings is 1. The predicted octanol–water partition coefficient (Wildman–Crippen LogP) is 2.06. The largest absolute Gasteiger partial charge is 0.493 e. The third-order valence-electron chi connectivity index (χ3n) is 4.04. The molecule has 19 heavy (non-hydrogen) atoms. The molecule has 1 aromatic carbocycles. The van der Waals surface area contributed by atoms with E-state index in [9.17, 15) is 9.90 Å². The summed E-state index contributed by atoms with van der Waals surface area (Å²) in [6, 6.07) is 5.91. The van der Waals surface area contributed by atoms with Crippen LogP contribution >= 0.6 is 0 Å². The number of likely N-dealkylation sites (tertiary alicyclic amines) is 1. The van der Waals surface area contributed by atoms with Crippen molar-refractivity contribution in [1.82, 2.24) is 4.90 Å². The van der Waals surface area contributed by atoms with Gasteiger partial charge in [-0.05, 0) is 36.6 Å². The van der Waals surface area contributed by atoms with E-state index in [2.05, 4.69) is 17.0 Å². The van der Waals surface area contributed by atoms with Crippen LogP contribution in [0.1, 0.15) is 30.4 Å². The summed E-state index contributed by atoms with van der Waals surface area (Å²) < 4.78 is 5.50. The summed E-state index contributed by atoms with van der Waals surface area (Å²) in [5.41, 5.74) is 2.44. The van der Waals surface area contributed by atoms with Crippen LogP contribution in [0.4, 0.5) is 0 Å². The van der Waals surface area contributed by atoms with E-state index in [1.165, 1.54) is 11.1 Å². The van der Waals surface area contributed by atoms with Gasteiger partial charge in [0.1, 0.15) is 11.8 Å². The molecule has 4 nitrogen and oxygen atoms in total. The van der Waals surface area contributed by atoms with Crippen molar-refractivity contribution in [2.24, 2.45) is 0 Å². The number of rotatable bonds is 3. The van der Waals surface area contributed by atoms with E-state index in [4.69, 9.17) is 4.74 Å². The van der Waals surface area contributed by atoms with Crippen LogP contribution in [0.5, 0.6) is 5.75 Å². The molecule has 1 saturated heterocycles. The molecule has 1 fully saturated rings. The second-order valence-corrected chi connectivity index (χ2v) is 5.36. The summed E-state index contributed by atoms with van der Waals surface area (Å²) >= 11 is 0. The number of hydrogen-bond acceptors (Lipinski definition) is 3. The molecule has 1 aromatic rings. The van der Waals surface area contributed by atoms with Crippen LogP contribution in [0.3, 0.4) is 0 Å². The van der Waals surface area contributed by atoms with Crippen LogP contribution in [0.25, 0.3) is 0 Å². The Hall–Kier alpha value is -1.55. The van der Waals surface area contributed by atoms with E-state index in [0.29, 0.717) is 0 Å². The number of carboxylic acid groups (broad SMARTS) is 1. The van der Waals surface area contributed by atoms with Gasteiger partial charge in [0.15, 0.2) is 0 Å². The maximum absolute atomic E-state index is 11.3. The van der Waals surface area contributed by atoms with E-state index >= 15 is 0 Å². The summed E-state index contributed by atoms with van der Waals surface area (Å²) in [4.78, 5) is 13.4. The molecule has 0 spiro atoms. The highest BCUT2D eigenvalue weighted by Crippen LogP contribution is 2.27. The number of carbonyl (C=O) groups is 1. The fourth-order valence-corrected chi connectivity index (χ4v) is 3.03. The Morgan fingerprint density at radius 3 is 3.16 bits per heavy atom. The zero-order valence-electron chi connectivity index (χ0n) is 11.0. The highest BCUT2D eigenvalue weighted by Gasteiger charge is 2.28. The quantitative estimate of drug-likeness (QED) is 0.905. The standard InChI is InChI=1S/C15H19NO3/c17-15(18)13-3-1-2-7-16(13)10-11-4-5-14-12(9-11)6-8-19-14/h4-5,9,13H,1-3,6-8,10H2,(H,17,18). The second-order valence-electron chi connectivity index (χ2n) is 5.36. The molecule has 0 aromatic heterocycles. The van der Waals surface area contributed by atoms with E-state index in [0.717, 1.165) is 51.1 Å². The van der Waals surface area contributed by atoms with E-state index in [1.807, 2.05) is 6.07 Å². The van der Waals surface area contributed by atoms with Gasteiger partial charge in [-0.1, -0.05) is 18.6 Å². The normalized spacial score (nSPS) is 22.8. The van der Waals surface area contributed by atoms with Gasteiger partial charge in [0.25, 0.3) is 0 Å². The van der Waals surface area contributed by atoms with Gasteiger partial charge in [-0.2, -0.15) is 0 Å². The van der Waals surface area contributed by atoms with Crippen LogP contribution in [0.15, 0.2) is 18.2 Å². The van der Waals surface area contributed by atoms with Crippen molar-refractivity contribution in [3.63, 3.8) is 0 Å². The van der Waals surface area contributed by atoms with E-state index in [1.54, 1.807) is 0 Å². The lowest BCUT2D eigenvalue weighted by Gasteiger charge is -2.32. The summed E-state index contributed by atoms with van der Waals surface area (Å²) in [5.74, 6) is 0.293. The average Bonchev–Trinajstić information content (AvgIpc) is 2.86. The minimum Gasteiger partial charge on any atom is -0.493 e. The Labute approximate surface area is 113 Å². The van der Waals surface area contributed by atoms with Crippen molar-refractivity contribution >= 4 is 5.97 Å². The molecule has 3 rings (SSSR count). The fourth-order valence-electron chi connectivity index (χ4n) is 3.03. The molecule has 0 amide bonds. The van der Waals surface area contributed by atoms with Crippen LogP contribution < -0.4 is 4.74 Å². The number of nitrogens with zero attached hydrogens (tertiary/aromatic N) is 1. The zero-order chi connectivity index (χ0) is 13.2. The van der Waals surface area contributed by atoms with Crippen LogP contribution in [0, 0.1) is 0 Å². The molecule has 0 bridgehead atoms. The molecule has 1 N–H and O–H groups in total. The molecular weight excluding hydrogens is 242 g/mol. The number of carboxylic acids is 1. The first kappa shape index (κ1) is 12.5. The maximum atomic E-state index is 11.3. The second kappa shape index (κ2) is 5.21. The average molecular weight is 261 g/mol. The molecule has 0 saturated carbocycles. The molecule has 1 unspecified atom stereocenters. The van der Waals surface area contributed by atoms with Gasteiger partial charge in [-0.25, -0.2) is 0 Å². The molecule has 1 atom stereocenters. The maximum Gasteiger partial charge on any atom is 0.320 e. The highest BCUT2D eigenvalue weighted by molar-refractivity contribution is 5.73. The highest BCUT2D eigenvalue weighted by atomic mass is 16.5. The van der Waals surface area contributed by atoms with Crippen molar-refractivity contribution < 1.29 is 14.6 Å². The Kier molecular flexibility index (Phi) is 3.42. The van der Waals surface area contributed by atoms with Crippen LogP contribution in [0.2, 0.25) is 0 Å². The lowest BCUT2D eigenvalue weighted by Crippen LogP contribution is -2.43. The monoisotopic (exact) mass is 261 g/mol. The summed E-state index contributed by atoms with van der Waals surface area (Å²) in [5, 5.41) is 9.28. The van der Waals surface area contributed by atoms with Gasteiger partial charge >= 0.3 is 5.97 Å². The zero-order valence-corrected chi connectivity index (χ0v) is 11.0. The van der Waals surface area contributed by atoms with Gasteiger partial charge in [0.05, 0.1) is 6.61 Å². The lowest BCUT2D eigenvalue weighted by atomic mass is 10.0. The number of fused-ring (bicyclic) bond motifs is 1. The predicted molar refractivity (Wildman–Crippen MR) is 71.3 cm³/mol. The van der Waals surface area contributed by atoms with Crippen LogP contribution in [-0.2, 0) is 17.8 Å². The van der Waals surface area contributed by atoms with Crippen molar-refractivity contribution in [1.29, 1.82) is 0 Å². The Morgan fingerprint density at radius 1 is 1.42 bits per heavy atom. The number of hydrogen-bond donors (Lipinski definition) is 1. The van der Waals surface area contributed by atoms with Crippen molar-refractivity contribution in [2.45, 2.75) is 38.3 Å². The number of piperidine rings is 1. The fraction of sp³-hybridized carbons (Fsp3) is 0.533. The van der Waals surface area contributed by atoms with Crippen LogP contribution in [-0.4, -0.2) is 35.2 Å². The van der Waals surface area contributed by atoms with Gasteiger partial charge in [0, 0.05) is 13.0 Å².